The summed E-state index contributed by atoms with van der Waals surface area (Å²) >= 11 is 0. The number of hydrogen-bond donors (Lipinski definition) is 4. The number of nitrogens with one attached hydrogen (secondary N) is 4. The normalized spacial score (nSPS) is 22.7. The molecule has 1 heterocycles. The van der Waals surface area contributed by atoms with Gasteiger partial charge in [0.2, 0.25) is 5.91 Å². The fourth-order valence-corrected chi connectivity index (χ4v) is 4.86. The van der Waals surface area contributed by atoms with Gasteiger partial charge in [-0.3, -0.25) is 14.4 Å². The van der Waals surface area contributed by atoms with E-state index >= 15 is 0 Å². The third-order valence-corrected chi connectivity index (χ3v) is 6.83. The highest BCUT2D eigenvalue weighted by atomic mass is 19.4. The predicted molar refractivity (Wildman–Crippen MR) is 124 cm³/mol. The zero-order valence-corrected chi connectivity index (χ0v) is 19.6. The van der Waals surface area contributed by atoms with Crippen molar-refractivity contribution in [1.29, 1.82) is 0 Å². The van der Waals surface area contributed by atoms with Gasteiger partial charge in [-0.1, -0.05) is 12.8 Å². The highest BCUT2D eigenvalue weighted by molar-refractivity contribution is 5.82. The number of benzene rings is 1. The number of rotatable bonds is 7. The first-order valence-corrected chi connectivity index (χ1v) is 12.0. The van der Waals surface area contributed by atoms with Crippen LogP contribution in [0.3, 0.4) is 0 Å². The summed E-state index contributed by atoms with van der Waals surface area (Å²) < 4.78 is 78.8. The van der Waals surface area contributed by atoms with Crippen LogP contribution < -0.4 is 32.1 Å². The molecule has 2 aromatic rings. The molecule has 0 aromatic heterocycles. The van der Waals surface area contributed by atoms with Gasteiger partial charge in [0, 0.05) is 18.6 Å². The lowest BCUT2D eigenvalue weighted by Crippen LogP contribution is -2.54. The monoisotopic (exact) mass is 532 g/mol. The van der Waals surface area contributed by atoms with Crippen molar-refractivity contribution in [3.05, 3.63) is 55.3 Å². The number of amides is 1. The van der Waals surface area contributed by atoms with Gasteiger partial charge in [0.05, 0.1) is 17.2 Å². The molecule has 0 bridgehead atoms. The molecule has 2 aromatic carbocycles. The van der Waals surface area contributed by atoms with E-state index < -0.39 is 40.9 Å². The molecule has 0 radical (unpaired) electrons. The lowest BCUT2D eigenvalue weighted by atomic mass is 9.89. The largest absolute Gasteiger partial charge is 0.416 e. The number of alkyl halides is 6. The van der Waals surface area contributed by atoms with E-state index in [1.165, 1.54) is 0 Å². The summed E-state index contributed by atoms with van der Waals surface area (Å²) in [6.45, 7) is 0.212. The van der Waals surface area contributed by atoms with Crippen LogP contribution in [0.2, 0.25) is 0 Å². The Morgan fingerprint density at radius 3 is 2.00 bits per heavy atom. The Kier molecular flexibility index (Phi) is 7.54. The summed E-state index contributed by atoms with van der Waals surface area (Å²) in [5, 5.41) is 11.6. The minimum atomic E-state index is -5.00. The molecule has 3 atom stereocenters. The summed E-state index contributed by atoms with van der Waals surface area (Å²) in [6.07, 6.45) is -5.47. The van der Waals surface area contributed by atoms with Crippen molar-refractivity contribution in [3.63, 3.8) is 0 Å². The first-order chi connectivity index (χ1) is 17.3. The average Bonchev–Trinajstić information content (AvgIpc) is 3.38. The highest BCUT2D eigenvalue weighted by Crippen LogP contribution is 2.36. The predicted octanol–water partition coefficient (Wildman–Crippen LogP) is 3.52. The summed E-state index contributed by atoms with van der Waals surface area (Å²) in [7, 11) is 0. The molecule has 2 aliphatic rings. The van der Waals surface area contributed by atoms with E-state index in [0.717, 1.165) is 25.8 Å². The summed E-state index contributed by atoms with van der Waals surface area (Å²) in [5.74, 6) is -0.149. The summed E-state index contributed by atoms with van der Waals surface area (Å²) in [6, 6.07) is 0.175. The Morgan fingerprint density at radius 2 is 1.43 bits per heavy atom. The van der Waals surface area contributed by atoms with E-state index in [1.54, 1.807) is 0 Å². The standard InChI is InChI=1S/C24H26F6N4O3/c25-23(26,27)13-8-12(9-14(10-13)24(28,29)30)11-32-18-19(21(36)20(18)35)33-15-4-1-2-5-16(15)34-22(37)17-6-3-7-31-17/h8-10,15-17,31-33H,1-7,11H2,(H,34,37)/t15-,16-,17?/m1/s1. The molecule has 1 amide bonds. The van der Waals surface area contributed by atoms with Crippen LogP contribution in [0.5, 0.6) is 0 Å². The number of halogens is 6. The quantitative estimate of drug-likeness (QED) is 0.322. The van der Waals surface area contributed by atoms with E-state index in [1.807, 2.05) is 0 Å². The second-order valence-corrected chi connectivity index (χ2v) is 9.48. The van der Waals surface area contributed by atoms with Crippen LogP contribution in [0.15, 0.2) is 27.8 Å². The molecule has 37 heavy (non-hydrogen) atoms. The average molecular weight is 532 g/mol. The highest BCUT2D eigenvalue weighted by Gasteiger charge is 2.37. The van der Waals surface area contributed by atoms with Gasteiger partial charge in [-0.15, -0.1) is 0 Å². The minimum Gasteiger partial charge on any atom is -0.376 e. The first kappa shape index (κ1) is 27.0. The molecular weight excluding hydrogens is 506 g/mol. The second-order valence-electron chi connectivity index (χ2n) is 9.48. The Hall–Kier alpha value is -3.09. The lowest BCUT2D eigenvalue weighted by Gasteiger charge is -2.34. The van der Waals surface area contributed by atoms with Gasteiger partial charge in [0.25, 0.3) is 10.9 Å². The van der Waals surface area contributed by atoms with Crippen molar-refractivity contribution < 1.29 is 31.1 Å². The van der Waals surface area contributed by atoms with Crippen LogP contribution in [0.1, 0.15) is 55.2 Å². The second kappa shape index (κ2) is 10.3. The molecule has 4 N–H and O–H groups in total. The van der Waals surface area contributed by atoms with E-state index in [-0.39, 0.29) is 47.0 Å². The van der Waals surface area contributed by atoms with Gasteiger partial charge in [-0.25, -0.2) is 0 Å². The molecule has 202 valence electrons. The van der Waals surface area contributed by atoms with Crippen molar-refractivity contribution in [2.45, 2.75) is 75.5 Å². The molecule has 2 fully saturated rings. The maximum absolute atomic E-state index is 13.1. The topological polar surface area (TPSA) is 99.3 Å². The van der Waals surface area contributed by atoms with Crippen molar-refractivity contribution in [2.75, 3.05) is 17.2 Å². The van der Waals surface area contributed by atoms with Gasteiger partial charge in [0.1, 0.15) is 11.4 Å². The fourth-order valence-electron chi connectivity index (χ4n) is 4.86. The first-order valence-electron chi connectivity index (χ1n) is 12.0. The Balaban J connectivity index is 1.49. The number of anilines is 2. The maximum atomic E-state index is 13.1. The number of carbonyl (C=O) groups is 1. The van der Waals surface area contributed by atoms with Crippen LogP contribution in [0, 0.1) is 0 Å². The van der Waals surface area contributed by atoms with Crippen LogP contribution >= 0.6 is 0 Å². The number of hydrogen-bond acceptors (Lipinski definition) is 6. The van der Waals surface area contributed by atoms with E-state index in [9.17, 15) is 40.7 Å². The minimum absolute atomic E-state index is 0.0202. The molecule has 4 rings (SSSR count). The third kappa shape index (κ3) is 6.08. The van der Waals surface area contributed by atoms with Crippen LogP contribution in [0.4, 0.5) is 37.7 Å². The SMILES string of the molecule is O=C(N[C@@H]1CCCC[C@H]1Nc1c(NCc2cc(C(F)(F)F)cc(C(F)(F)F)c2)c(=O)c1=O)C1CCCN1. The van der Waals surface area contributed by atoms with Gasteiger partial charge in [-0.2, -0.15) is 26.3 Å². The smallest absolute Gasteiger partial charge is 0.376 e. The van der Waals surface area contributed by atoms with Gasteiger partial charge in [-0.05, 0) is 56.0 Å². The van der Waals surface area contributed by atoms with Crippen LogP contribution in [-0.2, 0) is 23.7 Å². The van der Waals surface area contributed by atoms with Crippen molar-refractivity contribution in [3.8, 4) is 0 Å². The zero-order chi connectivity index (χ0) is 27.0. The Morgan fingerprint density at radius 1 is 0.838 bits per heavy atom. The fraction of sp³-hybridized carbons (Fsp3) is 0.542. The molecule has 1 saturated carbocycles. The summed E-state index contributed by atoms with van der Waals surface area (Å²) in [5.41, 5.74) is -5.34. The van der Waals surface area contributed by atoms with Crippen LogP contribution in [0.25, 0.3) is 0 Å². The number of carbonyl (C=O) groups excluding carboxylic acids is 1. The molecule has 1 aliphatic carbocycles. The van der Waals surface area contributed by atoms with Gasteiger partial charge < -0.3 is 21.3 Å². The Labute approximate surface area is 207 Å². The van der Waals surface area contributed by atoms with E-state index in [4.69, 9.17) is 0 Å². The van der Waals surface area contributed by atoms with Crippen LogP contribution in [-0.4, -0.2) is 30.6 Å². The lowest BCUT2D eigenvalue weighted by molar-refractivity contribution is -0.143. The molecule has 1 aliphatic heterocycles. The van der Waals surface area contributed by atoms with Crippen molar-refractivity contribution in [2.24, 2.45) is 0 Å². The van der Waals surface area contributed by atoms with Gasteiger partial charge >= 0.3 is 12.4 Å². The molecule has 1 unspecified atom stereocenters. The Bertz CT molecular complexity index is 1180. The maximum Gasteiger partial charge on any atom is 0.416 e. The molecule has 1 saturated heterocycles. The summed E-state index contributed by atoms with van der Waals surface area (Å²) in [4.78, 5) is 37.0. The van der Waals surface area contributed by atoms with E-state index in [0.29, 0.717) is 31.4 Å². The zero-order valence-electron chi connectivity index (χ0n) is 19.6. The van der Waals surface area contributed by atoms with Gasteiger partial charge in [0.15, 0.2) is 0 Å². The molecule has 0 spiro atoms. The molecule has 13 heteroatoms. The molecule has 7 nitrogen and oxygen atoms in total. The van der Waals surface area contributed by atoms with Crippen molar-refractivity contribution >= 4 is 17.3 Å². The van der Waals surface area contributed by atoms with Crippen molar-refractivity contribution in [1.82, 2.24) is 10.6 Å². The third-order valence-electron chi connectivity index (χ3n) is 6.83. The van der Waals surface area contributed by atoms with E-state index in [2.05, 4.69) is 21.3 Å². The molecular formula is C24H26F6N4O3.